The Morgan fingerprint density at radius 2 is 0.795 bits per heavy atom. The summed E-state index contributed by atoms with van der Waals surface area (Å²) in [5.74, 6) is -1.90. The second kappa shape index (κ2) is 42.0. The van der Waals surface area contributed by atoms with Gasteiger partial charge in [-0.3, -0.25) is 14.1 Å². The molecule has 0 heterocycles. The summed E-state index contributed by atoms with van der Waals surface area (Å²) in [7, 11) is -4.76. The van der Waals surface area contributed by atoms with Gasteiger partial charge in [-0.05, 0) is 12.8 Å². The molecule has 0 spiro atoms. The van der Waals surface area contributed by atoms with Crippen LogP contribution in [0.4, 0.5) is 0 Å². The van der Waals surface area contributed by atoms with Gasteiger partial charge < -0.3 is 15.2 Å². The molecule has 1 atom stereocenters. The quantitative estimate of drug-likeness (QED) is 0.0389. The van der Waals surface area contributed by atoms with Crippen molar-refractivity contribution in [2.24, 2.45) is 0 Å². The molecule has 1 unspecified atom stereocenters. The maximum atomic E-state index is 12.2. The van der Waals surface area contributed by atoms with Crippen molar-refractivity contribution in [2.45, 2.75) is 180 Å². The standard InChI is InChI=1S/C32H62O7S.4Na.4H/c1-3-5-7-9-11-13-15-17-19-21-23-25-27-38-31(33)29-30(40(35,36)37)32(34)39-28-26-24-22-20-18-16-14-12-10-8-6-4-2;;;;;;;;/h30H,3-29H2,1-2H3,(H,35,36,37);;;;;;;;/q;4*+1;4*-1. The molecule has 246 valence electrons. The van der Waals surface area contributed by atoms with Crippen LogP contribution >= 0.6 is 0 Å². The van der Waals surface area contributed by atoms with E-state index < -0.39 is 33.7 Å². The van der Waals surface area contributed by atoms with Crippen LogP contribution in [-0.2, 0) is 29.2 Å². The smallest absolute Gasteiger partial charge is 1.00 e. The Hall–Kier alpha value is 2.85. The zero-order valence-electron chi connectivity index (χ0n) is 34.0. The van der Waals surface area contributed by atoms with Crippen molar-refractivity contribution < 1.29 is 156 Å². The fourth-order valence-electron chi connectivity index (χ4n) is 4.86. The summed E-state index contributed by atoms with van der Waals surface area (Å²) in [5.41, 5.74) is 0. The minimum Gasteiger partial charge on any atom is -1.00 e. The van der Waals surface area contributed by atoms with E-state index in [-0.39, 0.29) is 137 Å². The van der Waals surface area contributed by atoms with E-state index in [0.29, 0.717) is 12.8 Å². The number of esters is 2. The molecule has 0 aliphatic heterocycles. The number of hydrogen-bond donors (Lipinski definition) is 1. The number of hydrogen-bond acceptors (Lipinski definition) is 6. The summed E-state index contributed by atoms with van der Waals surface area (Å²) in [4.78, 5) is 24.3. The van der Waals surface area contributed by atoms with Gasteiger partial charge in [0.1, 0.15) is 0 Å². The van der Waals surface area contributed by atoms with E-state index in [9.17, 15) is 22.6 Å². The molecule has 0 aromatic carbocycles. The molecule has 44 heavy (non-hydrogen) atoms. The van der Waals surface area contributed by atoms with Crippen molar-refractivity contribution in [3.05, 3.63) is 0 Å². The van der Waals surface area contributed by atoms with Crippen LogP contribution in [0.2, 0.25) is 0 Å². The number of carbonyl (C=O) groups excluding carboxylic acids is 2. The van der Waals surface area contributed by atoms with Crippen molar-refractivity contribution >= 4 is 22.1 Å². The van der Waals surface area contributed by atoms with Crippen molar-refractivity contribution in [3.63, 3.8) is 0 Å². The SMILES string of the molecule is CCCCCCCCCCCCCCOC(=O)CC(C(=O)OCCCCCCCCCCCCCC)S(=O)(=O)O.[H-].[H-].[H-].[H-].[Na+].[Na+].[Na+].[Na+]. The molecule has 7 nitrogen and oxygen atoms in total. The average molecular weight is 687 g/mol. The molecule has 0 rings (SSSR count). The van der Waals surface area contributed by atoms with Crippen LogP contribution in [-0.4, -0.2) is 43.4 Å². The number of ether oxygens (including phenoxy) is 2. The number of rotatable bonds is 30. The Kier molecular flexibility index (Phi) is 53.7. The molecule has 0 saturated carbocycles. The monoisotopic (exact) mass is 686 g/mol. The second-order valence-electron chi connectivity index (χ2n) is 11.4. The predicted molar refractivity (Wildman–Crippen MR) is 168 cm³/mol. The van der Waals surface area contributed by atoms with Gasteiger partial charge in [0.05, 0.1) is 19.6 Å². The van der Waals surface area contributed by atoms with Gasteiger partial charge in [0.2, 0.25) is 0 Å². The van der Waals surface area contributed by atoms with Crippen LogP contribution in [0.25, 0.3) is 0 Å². The molecule has 1 N–H and O–H groups in total. The zero-order valence-corrected chi connectivity index (χ0v) is 38.8. The third-order valence-corrected chi connectivity index (χ3v) is 8.56. The van der Waals surface area contributed by atoms with Gasteiger partial charge >= 0.3 is 130 Å². The largest absolute Gasteiger partial charge is 1.00 e. The maximum Gasteiger partial charge on any atom is 1.00 e. The van der Waals surface area contributed by atoms with Crippen molar-refractivity contribution in [3.8, 4) is 0 Å². The van der Waals surface area contributed by atoms with Crippen LogP contribution in [0.1, 0.15) is 180 Å². The van der Waals surface area contributed by atoms with Gasteiger partial charge in [-0.15, -0.1) is 0 Å². The summed E-state index contributed by atoms with van der Waals surface area (Å²) < 4.78 is 43.0. The Labute approximate surface area is 366 Å². The van der Waals surface area contributed by atoms with E-state index in [1.54, 1.807) is 0 Å². The minimum absolute atomic E-state index is 0. The molecule has 12 heteroatoms. The first kappa shape index (κ1) is 56.2. The minimum atomic E-state index is -4.76. The van der Waals surface area contributed by atoms with Crippen molar-refractivity contribution in [1.82, 2.24) is 0 Å². The van der Waals surface area contributed by atoms with Crippen LogP contribution in [0.3, 0.4) is 0 Å². The Bertz CT molecular complexity index is 733. The summed E-state index contributed by atoms with van der Waals surface area (Å²) in [6.07, 6.45) is 27.6. The van der Waals surface area contributed by atoms with Gasteiger partial charge in [0, 0.05) is 0 Å². The first-order chi connectivity index (χ1) is 19.3. The van der Waals surface area contributed by atoms with E-state index in [2.05, 4.69) is 13.8 Å². The molecular formula is C32H66Na4O7S. The van der Waals surface area contributed by atoms with Crippen molar-refractivity contribution in [1.29, 1.82) is 0 Å². The first-order valence-corrected chi connectivity index (χ1v) is 18.1. The van der Waals surface area contributed by atoms with E-state index in [4.69, 9.17) is 9.47 Å². The first-order valence-electron chi connectivity index (χ1n) is 16.6. The predicted octanol–water partition coefficient (Wildman–Crippen LogP) is -2.41. The molecule has 0 saturated heterocycles. The topological polar surface area (TPSA) is 107 Å². The number of unbranched alkanes of at least 4 members (excludes halogenated alkanes) is 22. The normalized spacial score (nSPS) is 11.2. The van der Waals surface area contributed by atoms with Gasteiger partial charge in [-0.2, -0.15) is 8.42 Å². The molecule has 0 bridgehead atoms. The third kappa shape index (κ3) is 39.3. The van der Waals surface area contributed by atoms with Crippen LogP contribution in [0, 0.1) is 0 Å². The Morgan fingerprint density at radius 1 is 0.523 bits per heavy atom. The van der Waals surface area contributed by atoms with E-state index in [0.717, 1.165) is 32.1 Å². The molecule has 0 aromatic rings. The average Bonchev–Trinajstić information content (AvgIpc) is 2.91. The molecule has 0 radical (unpaired) electrons. The summed E-state index contributed by atoms with van der Waals surface area (Å²) in [5, 5.41) is -1.93. The van der Waals surface area contributed by atoms with Crippen molar-refractivity contribution in [2.75, 3.05) is 13.2 Å². The van der Waals surface area contributed by atoms with Crippen LogP contribution in [0.5, 0.6) is 0 Å². The van der Waals surface area contributed by atoms with Gasteiger partial charge in [-0.25, -0.2) is 0 Å². The Morgan fingerprint density at radius 3 is 1.09 bits per heavy atom. The fraction of sp³-hybridized carbons (Fsp3) is 0.938. The van der Waals surface area contributed by atoms with Crippen LogP contribution in [0.15, 0.2) is 0 Å². The molecular weight excluding hydrogens is 620 g/mol. The summed E-state index contributed by atoms with van der Waals surface area (Å²) in [6.45, 7) is 4.72. The number of carbonyl (C=O) groups is 2. The van der Waals surface area contributed by atoms with Crippen LogP contribution < -0.4 is 118 Å². The fourth-order valence-corrected chi connectivity index (χ4v) is 5.52. The molecule has 0 aliphatic carbocycles. The summed E-state index contributed by atoms with van der Waals surface area (Å²) in [6, 6.07) is 0. The van der Waals surface area contributed by atoms with Gasteiger partial charge in [-0.1, -0.05) is 155 Å². The molecule has 0 aromatic heterocycles. The van der Waals surface area contributed by atoms with Gasteiger partial charge in [0.25, 0.3) is 10.1 Å². The Balaban J connectivity index is -0.000000272. The van der Waals surface area contributed by atoms with Gasteiger partial charge in [0.15, 0.2) is 5.25 Å². The maximum absolute atomic E-state index is 12.2. The summed E-state index contributed by atoms with van der Waals surface area (Å²) >= 11 is 0. The molecule has 0 fully saturated rings. The molecule has 0 aliphatic rings. The zero-order chi connectivity index (χ0) is 29.7. The van der Waals surface area contributed by atoms with E-state index in [1.807, 2.05) is 0 Å². The second-order valence-corrected chi connectivity index (χ2v) is 13.0. The third-order valence-electron chi connectivity index (χ3n) is 7.48. The molecule has 0 amide bonds. The van der Waals surface area contributed by atoms with E-state index in [1.165, 1.54) is 109 Å². The van der Waals surface area contributed by atoms with E-state index >= 15 is 0 Å².